The number of nitrogens with zero attached hydrogens (tertiary/aromatic N) is 3. The summed E-state index contributed by atoms with van der Waals surface area (Å²) in [5, 5.41) is 4.10. The molecule has 0 bridgehead atoms. The Hall–Kier alpha value is -2.63. The van der Waals surface area contributed by atoms with Crippen molar-refractivity contribution in [3.63, 3.8) is 0 Å². The number of fused-ring (bicyclic) bond motifs is 1. The molecule has 3 aromatic rings. The number of benzene rings is 2. The zero-order valence-electron chi connectivity index (χ0n) is 13.6. The average molecular weight is 385 g/mol. The molecule has 2 heterocycles. The molecule has 1 amide bonds. The summed E-state index contributed by atoms with van der Waals surface area (Å²) in [6, 6.07) is 13.0. The van der Waals surface area contributed by atoms with Crippen molar-refractivity contribution in [1.82, 2.24) is 9.97 Å². The third-order valence-electron chi connectivity index (χ3n) is 4.20. The van der Waals surface area contributed by atoms with Gasteiger partial charge in [0.15, 0.2) is 0 Å². The van der Waals surface area contributed by atoms with Gasteiger partial charge in [-0.1, -0.05) is 41.4 Å². The highest BCUT2D eigenvalue weighted by atomic mass is 35.5. The molecule has 0 unspecified atom stereocenters. The van der Waals surface area contributed by atoms with Crippen molar-refractivity contribution in [3.8, 4) is 0 Å². The van der Waals surface area contributed by atoms with Crippen LogP contribution in [0.25, 0.3) is 0 Å². The summed E-state index contributed by atoms with van der Waals surface area (Å²) in [7, 11) is 0. The van der Waals surface area contributed by atoms with Gasteiger partial charge in [0.25, 0.3) is 5.91 Å². The molecule has 130 valence electrons. The Labute approximate surface area is 160 Å². The number of aromatic nitrogens is 2. The van der Waals surface area contributed by atoms with Gasteiger partial charge in [-0.15, -0.1) is 0 Å². The molecule has 1 aliphatic heterocycles. The van der Waals surface area contributed by atoms with E-state index in [9.17, 15) is 4.79 Å². The number of halogens is 2. The molecule has 0 saturated carbocycles. The Bertz CT molecular complexity index is 976. The summed E-state index contributed by atoms with van der Waals surface area (Å²) in [6.07, 6.45) is 3.83. The van der Waals surface area contributed by atoms with E-state index in [1.54, 1.807) is 23.1 Å². The molecule has 5 nitrogen and oxygen atoms in total. The Morgan fingerprint density at radius 3 is 2.69 bits per heavy atom. The number of carbonyl (C=O) groups excluding carboxylic acids is 1. The molecule has 7 heteroatoms. The van der Waals surface area contributed by atoms with Gasteiger partial charge in [0.1, 0.15) is 11.5 Å². The Morgan fingerprint density at radius 2 is 1.92 bits per heavy atom. The van der Waals surface area contributed by atoms with Crippen LogP contribution in [0.5, 0.6) is 0 Å². The minimum atomic E-state index is -0.154. The van der Waals surface area contributed by atoms with Crippen LogP contribution in [-0.2, 0) is 6.42 Å². The molecule has 0 saturated heterocycles. The third-order valence-corrected chi connectivity index (χ3v) is 4.74. The maximum atomic E-state index is 12.7. The lowest BCUT2D eigenvalue weighted by Gasteiger charge is -2.16. The summed E-state index contributed by atoms with van der Waals surface area (Å²) in [4.78, 5) is 23.0. The van der Waals surface area contributed by atoms with E-state index in [-0.39, 0.29) is 5.91 Å². The monoisotopic (exact) mass is 384 g/mol. The van der Waals surface area contributed by atoms with Crippen molar-refractivity contribution in [3.05, 3.63) is 76.2 Å². The van der Waals surface area contributed by atoms with E-state index >= 15 is 0 Å². The van der Waals surface area contributed by atoms with Gasteiger partial charge in [0.05, 0.1) is 23.1 Å². The molecule has 0 spiro atoms. The molecule has 1 N–H and O–H groups in total. The molecule has 0 fully saturated rings. The Morgan fingerprint density at radius 1 is 1.08 bits per heavy atom. The van der Waals surface area contributed by atoms with Crippen molar-refractivity contribution < 1.29 is 4.79 Å². The summed E-state index contributed by atoms with van der Waals surface area (Å²) in [5.74, 6) is 0.339. The molecule has 0 radical (unpaired) electrons. The normalized spacial score (nSPS) is 12.8. The van der Waals surface area contributed by atoms with E-state index in [4.69, 9.17) is 23.2 Å². The number of hydrogen-bond donors (Lipinski definition) is 1. The van der Waals surface area contributed by atoms with Gasteiger partial charge in [-0.05, 0) is 36.2 Å². The zero-order valence-corrected chi connectivity index (χ0v) is 15.1. The highest BCUT2D eigenvalue weighted by Gasteiger charge is 2.26. The number of anilines is 3. The number of para-hydroxylation sites is 1. The first-order valence-electron chi connectivity index (χ1n) is 8.06. The van der Waals surface area contributed by atoms with Crippen LogP contribution in [-0.4, -0.2) is 22.4 Å². The van der Waals surface area contributed by atoms with Crippen molar-refractivity contribution in [2.45, 2.75) is 6.42 Å². The van der Waals surface area contributed by atoms with Crippen LogP contribution in [0.15, 0.2) is 54.9 Å². The molecule has 0 atom stereocenters. The maximum Gasteiger partial charge on any atom is 0.278 e. The minimum Gasteiger partial charge on any atom is -0.338 e. The predicted molar refractivity (Wildman–Crippen MR) is 104 cm³/mol. The highest BCUT2D eigenvalue weighted by molar-refractivity contribution is 6.36. The molecule has 1 aliphatic rings. The third kappa shape index (κ3) is 3.23. The van der Waals surface area contributed by atoms with Crippen LogP contribution < -0.4 is 10.2 Å². The second-order valence-corrected chi connectivity index (χ2v) is 6.72. The van der Waals surface area contributed by atoms with Crippen molar-refractivity contribution in [2.75, 3.05) is 16.8 Å². The molecule has 0 aliphatic carbocycles. The maximum absolute atomic E-state index is 12.7. The fourth-order valence-electron chi connectivity index (χ4n) is 2.92. The number of hydrogen-bond acceptors (Lipinski definition) is 4. The quantitative estimate of drug-likeness (QED) is 0.708. The standard InChI is InChI=1S/C19H14Cl2N4O/c20-13-5-6-15(14(21)9-13)24-18-11-22-16(10-23-18)19(26)25-8-7-12-3-1-2-4-17(12)25/h1-6,9-11H,7-8H2,(H,23,24). The fraction of sp³-hybridized carbons (Fsp3) is 0.105. The van der Waals surface area contributed by atoms with Gasteiger partial charge in [-0.2, -0.15) is 0 Å². The van der Waals surface area contributed by atoms with E-state index in [1.165, 1.54) is 18.0 Å². The van der Waals surface area contributed by atoms with Crippen molar-refractivity contribution in [1.29, 1.82) is 0 Å². The number of amides is 1. The van der Waals surface area contributed by atoms with Gasteiger partial charge in [0, 0.05) is 17.3 Å². The number of nitrogens with one attached hydrogen (secondary N) is 1. The summed E-state index contributed by atoms with van der Waals surface area (Å²) >= 11 is 12.0. The van der Waals surface area contributed by atoms with Gasteiger partial charge >= 0.3 is 0 Å². The van der Waals surface area contributed by atoms with Crippen LogP contribution in [0.4, 0.5) is 17.2 Å². The van der Waals surface area contributed by atoms with Crippen LogP contribution in [0.1, 0.15) is 16.1 Å². The Kier molecular flexibility index (Phi) is 4.49. The number of carbonyl (C=O) groups is 1. The smallest absolute Gasteiger partial charge is 0.278 e. The average Bonchev–Trinajstić information content (AvgIpc) is 3.08. The summed E-state index contributed by atoms with van der Waals surface area (Å²) in [6.45, 7) is 0.653. The summed E-state index contributed by atoms with van der Waals surface area (Å²) in [5.41, 5.74) is 3.08. The van der Waals surface area contributed by atoms with Crippen LogP contribution >= 0.6 is 23.2 Å². The largest absolute Gasteiger partial charge is 0.338 e. The first kappa shape index (κ1) is 16.8. The van der Waals surface area contributed by atoms with E-state index < -0.39 is 0 Å². The predicted octanol–water partition coefficient (Wildman–Crippen LogP) is 4.73. The van der Waals surface area contributed by atoms with Crippen molar-refractivity contribution in [2.24, 2.45) is 0 Å². The van der Waals surface area contributed by atoms with Crippen LogP contribution in [0, 0.1) is 0 Å². The second-order valence-electron chi connectivity index (χ2n) is 5.87. The van der Waals surface area contributed by atoms with E-state index in [2.05, 4.69) is 15.3 Å². The SMILES string of the molecule is O=C(c1cnc(Nc2ccc(Cl)cc2Cl)cn1)N1CCc2ccccc21. The molecule has 26 heavy (non-hydrogen) atoms. The lowest BCUT2D eigenvalue weighted by Crippen LogP contribution is -2.29. The van der Waals surface area contributed by atoms with Crippen molar-refractivity contribution >= 4 is 46.3 Å². The molecular formula is C19H14Cl2N4O. The van der Waals surface area contributed by atoms with Gasteiger partial charge in [-0.25, -0.2) is 9.97 Å². The lowest BCUT2D eigenvalue weighted by molar-refractivity contribution is 0.0984. The van der Waals surface area contributed by atoms with Gasteiger partial charge in [0.2, 0.25) is 0 Å². The molecular weight excluding hydrogens is 371 g/mol. The molecule has 2 aromatic carbocycles. The number of rotatable bonds is 3. The first-order chi connectivity index (χ1) is 12.6. The molecule has 1 aromatic heterocycles. The topological polar surface area (TPSA) is 58.1 Å². The summed E-state index contributed by atoms with van der Waals surface area (Å²) < 4.78 is 0. The second kappa shape index (κ2) is 6.94. The fourth-order valence-corrected chi connectivity index (χ4v) is 3.38. The first-order valence-corrected chi connectivity index (χ1v) is 8.81. The minimum absolute atomic E-state index is 0.154. The zero-order chi connectivity index (χ0) is 18.1. The molecule has 4 rings (SSSR count). The Balaban J connectivity index is 1.52. The van der Waals surface area contributed by atoms with E-state index in [0.29, 0.717) is 33.8 Å². The van der Waals surface area contributed by atoms with E-state index in [1.807, 2.05) is 24.3 Å². The van der Waals surface area contributed by atoms with Gasteiger partial charge < -0.3 is 10.2 Å². The van der Waals surface area contributed by atoms with Crippen LogP contribution in [0.2, 0.25) is 10.0 Å². The van der Waals surface area contributed by atoms with Crippen LogP contribution in [0.3, 0.4) is 0 Å². The highest BCUT2D eigenvalue weighted by Crippen LogP contribution is 2.29. The van der Waals surface area contributed by atoms with E-state index in [0.717, 1.165) is 12.1 Å². The van der Waals surface area contributed by atoms with Gasteiger partial charge in [-0.3, -0.25) is 4.79 Å². The lowest BCUT2D eigenvalue weighted by atomic mass is 10.2.